The van der Waals surface area contributed by atoms with Gasteiger partial charge in [-0.1, -0.05) is 0 Å². The Hall–Kier alpha value is -2.67. The third-order valence-corrected chi connectivity index (χ3v) is 3.01. The van der Waals surface area contributed by atoms with E-state index < -0.39 is 6.04 Å². The average Bonchev–Trinajstić information content (AvgIpc) is 2.93. The first-order chi connectivity index (χ1) is 10.0. The van der Waals surface area contributed by atoms with E-state index in [1.54, 1.807) is 55.4 Å². The molecule has 2 rings (SSSR count). The van der Waals surface area contributed by atoms with Crippen molar-refractivity contribution >= 4 is 17.5 Å². The van der Waals surface area contributed by atoms with Crippen LogP contribution in [0.2, 0.25) is 0 Å². The van der Waals surface area contributed by atoms with Crippen molar-refractivity contribution in [3.8, 4) is 0 Å². The van der Waals surface area contributed by atoms with E-state index in [1.165, 1.54) is 0 Å². The van der Waals surface area contributed by atoms with Crippen LogP contribution in [0.5, 0.6) is 0 Å². The maximum absolute atomic E-state index is 12.0. The molecule has 110 valence electrons. The van der Waals surface area contributed by atoms with Gasteiger partial charge < -0.3 is 16.4 Å². The fourth-order valence-corrected chi connectivity index (χ4v) is 1.82. The first-order valence-corrected chi connectivity index (χ1v) is 6.38. The number of hydrogen-bond donors (Lipinski definition) is 3. The zero-order valence-corrected chi connectivity index (χ0v) is 11.8. The topological polar surface area (TPSA) is 102 Å². The molecule has 0 aliphatic carbocycles. The van der Waals surface area contributed by atoms with Crippen molar-refractivity contribution in [3.63, 3.8) is 0 Å². The molecule has 2 amide bonds. The second kappa shape index (κ2) is 6.19. The van der Waals surface area contributed by atoms with Crippen LogP contribution in [0.4, 0.5) is 5.69 Å². The number of aryl methyl sites for hydroxylation is 1. The fourth-order valence-electron chi connectivity index (χ4n) is 1.82. The molecule has 7 heteroatoms. The van der Waals surface area contributed by atoms with E-state index in [2.05, 4.69) is 15.7 Å². The van der Waals surface area contributed by atoms with Gasteiger partial charge in [0, 0.05) is 37.1 Å². The summed E-state index contributed by atoms with van der Waals surface area (Å²) in [6.07, 6.45) is 3.25. The molecule has 0 spiro atoms. The summed E-state index contributed by atoms with van der Waals surface area (Å²) < 4.78 is 1.58. The minimum absolute atomic E-state index is 0.181. The van der Waals surface area contributed by atoms with Gasteiger partial charge >= 0.3 is 0 Å². The van der Waals surface area contributed by atoms with Gasteiger partial charge in [-0.3, -0.25) is 14.3 Å². The fraction of sp³-hybridized carbons (Fsp3) is 0.214. The minimum atomic E-state index is -0.794. The molecule has 0 radical (unpaired) electrons. The van der Waals surface area contributed by atoms with Crippen LogP contribution in [-0.4, -0.2) is 28.6 Å². The minimum Gasteiger partial charge on any atom is -0.355 e. The molecule has 0 bridgehead atoms. The van der Waals surface area contributed by atoms with Crippen molar-refractivity contribution in [1.29, 1.82) is 0 Å². The van der Waals surface area contributed by atoms with Gasteiger partial charge in [-0.25, -0.2) is 0 Å². The summed E-state index contributed by atoms with van der Waals surface area (Å²) in [4.78, 5) is 23.5. The van der Waals surface area contributed by atoms with Crippen molar-refractivity contribution in [1.82, 2.24) is 15.1 Å². The van der Waals surface area contributed by atoms with Gasteiger partial charge in [0.25, 0.3) is 5.91 Å². The largest absolute Gasteiger partial charge is 0.355 e. The van der Waals surface area contributed by atoms with Crippen LogP contribution in [0.1, 0.15) is 22.0 Å². The summed E-state index contributed by atoms with van der Waals surface area (Å²) in [5.74, 6) is -0.518. The van der Waals surface area contributed by atoms with Crippen molar-refractivity contribution in [2.24, 2.45) is 12.8 Å². The number of rotatable bonds is 4. The Bertz CT molecular complexity index is 648. The van der Waals surface area contributed by atoms with Crippen LogP contribution in [0.15, 0.2) is 36.7 Å². The van der Waals surface area contributed by atoms with Gasteiger partial charge in [0.1, 0.15) is 6.04 Å². The molecule has 1 aromatic carbocycles. The number of nitrogens with zero attached hydrogens (tertiary/aromatic N) is 2. The lowest BCUT2D eigenvalue weighted by atomic mass is 10.1. The van der Waals surface area contributed by atoms with E-state index >= 15 is 0 Å². The molecule has 0 aliphatic heterocycles. The Kier molecular flexibility index (Phi) is 4.34. The van der Waals surface area contributed by atoms with E-state index in [0.29, 0.717) is 16.8 Å². The maximum Gasteiger partial charge on any atom is 0.251 e. The summed E-state index contributed by atoms with van der Waals surface area (Å²) in [6, 6.07) is 5.77. The lowest BCUT2D eigenvalue weighted by molar-refractivity contribution is -0.117. The number of benzene rings is 1. The maximum atomic E-state index is 12.0. The summed E-state index contributed by atoms with van der Waals surface area (Å²) in [5.41, 5.74) is 7.60. The lowest BCUT2D eigenvalue weighted by Crippen LogP contribution is -2.27. The predicted molar refractivity (Wildman–Crippen MR) is 78.6 cm³/mol. The Labute approximate surface area is 122 Å². The summed E-state index contributed by atoms with van der Waals surface area (Å²) in [6.45, 7) is 0. The van der Waals surface area contributed by atoms with Crippen LogP contribution in [0.25, 0.3) is 0 Å². The highest BCUT2D eigenvalue weighted by atomic mass is 16.2. The molecule has 1 unspecified atom stereocenters. The molecule has 2 aromatic rings. The first kappa shape index (κ1) is 14.7. The van der Waals surface area contributed by atoms with Crippen LogP contribution >= 0.6 is 0 Å². The molecular weight excluding hydrogens is 270 g/mol. The number of carbonyl (C=O) groups is 2. The normalized spacial score (nSPS) is 11.8. The van der Waals surface area contributed by atoms with E-state index in [4.69, 9.17) is 5.73 Å². The predicted octanol–water partition coefficient (Wildman–Crippen LogP) is 0.418. The van der Waals surface area contributed by atoms with Crippen molar-refractivity contribution < 1.29 is 9.59 Å². The molecular formula is C14H17N5O2. The average molecular weight is 287 g/mol. The molecule has 1 atom stereocenters. The van der Waals surface area contributed by atoms with E-state index in [-0.39, 0.29) is 11.8 Å². The Morgan fingerprint density at radius 1 is 1.29 bits per heavy atom. The lowest BCUT2D eigenvalue weighted by Gasteiger charge is -2.11. The van der Waals surface area contributed by atoms with E-state index in [9.17, 15) is 9.59 Å². The van der Waals surface area contributed by atoms with Gasteiger partial charge in [0.05, 0.1) is 6.20 Å². The zero-order chi connectivity index (χ0) is 15.4. The molecule has 7 nitrogen and oxygen atoms in total. The zero-order valence-electron chi connectivity index (χ0n) is 11.8. The highest BCUT2D eigenvalue weighted by Crippen LogP contribution is 2.14. The van der Waals surface area contributed by atoms with Gasteiger partial charge in [0.2, 0.25) is 5.91 Å². The standard InChI is InChI=1S/C14H17N5O2/c1-16-13(20)9-3-5-11(6-4-9)18-14(21)12(15)10-7-17-19(2)8-10/h3-8,12H,15H2,1-2H3,(H,16,20)(H,18,21). The molecule has 4 N–H and O–H groups in total. The van der Waals surface area contributed by atoms with E-state index in [0.717, 1.165) is 0 Å². The van der Waals surface area contributed by atoms with Gasteiger partial charge in [-0.15, -0.1) is 0 Å². The smallest absolute Gasteiger partial charge is 0.251 e. The number of carbonyl (C=O) groups excluding carboxylic acids is 2. The van der Waals surface area contributed by atoms with Gasteiger partial charge in [-0.2, -0.15) is 5.10 Å². The number of aromatic nitrogens is 2. The van der Waals surface area contributed by atoms with Crippen molar-refractivity contribution in [2.45, 2.75) is 6.04 Å². The summed E-state index contributed by atoms with van der Waals surface area (Å²) in [5, 5.41) is 9.21. The second-order valence-electron chi connectivity index (χ2n) is 4.57. The summed E-state index contributed by atoms with van der Waals surface area (Å²) >= 11 is 0. The first-order valence-electron chi connectivity index (χ1n) is 6.38. The quantitative estimate of drug-likeness (QED) is 0.758. The Balaban J connectivity index is 2.04. The number of amides is 2. The molecule has 0 saturated heterocycles. The molecule has 0 saturated carbocycles. The second-order valence-corrected chi connectivity index (χ2v) is 4.57. The number of anilines is 1. The van der Waals surface area contributed by atoms with E-state index in [1.807, 2.05) is 0 Å². The number of hydrogen-bond acceptors (Lipinski definition) is 4. The number of nitrogens with one attached hydrogen (secondary N) is 2. The van der Waals surface area contributed by atoms with Crippen LogP contribution in [0.3, 0.4) is 0 Å². The third kappa shape index (κ3) is 3.46. The van der Waals surface area contributed by atoms with Crippen LogP contribution in [0, 0.1) is 0 Å². The van der Waals surface area contributed by atoms with Crippen LogP contribution < -0.4 is 16.4 Å². The van der Waals surface area contributed by atoms with Crippen LogP contribution in [-0.2, 0) is 11.8 Å². The van der Waals surface area contributed by atoms with Crippen molar-refractivity contribution in [3.05, 3.63) is 47.8 Å². The highest BCUT2D eigenvalue weighted by Gasteiger charge is 2.17. The molecule has 1 aromatic heterocycles. The number of nitrogens with two attached hydrogens (primary N) is 1. The molecule has 0 aliphatic rings. The highest BCUT2D eigenvalue weighted by molar-refractivity contribution is 5.97. The van der Waals surface area contributed by atoms with Gasteiger partial charge in [0.15, 0.2) is 0 Å². The molecule has 1 heterocycles. The molecule has 21 heavy (non-hydrogen) atoms. The molecule has 0 fully saturated rings. The third-order valence-electron chi connectivity index (χ3n) is 3.01. The Morgan fingerprint density at radius 2 is 1.95 bits per heavy atom. The monoisotopic (exact) mass is 287 g/mol. The Morgan fingerprint density at radius 3 is 2.48 bits per heavy atom. The van der Waals surface area contributed by atoms with Crippen molar-refractivity contribution in [2.75, 3.05) is 12.4 Å². The SMILES string of the molecule is CNC(=O)c1ccc(NC(=O)C(N)c2cnn(C)c2)cc1. The summed E-state index contributed by atoms with van der Waals surface area (Å²) in [7, 11) is 3.32. The van der Waals surface area contributed by atoms with Gasteiger partial charge in [-0.05, 0) is 24.3 Å².